The predicted octanol–water partition coefficient (Wildman–Crippen LogP) is 4.13. The summed E-state index contributed by atoms with van der Waals surface area (Å²) in [6.07, 6.45) is -0.456. The number of aromatic amines is 1. The molecule has 1 aliphatic rings. The Morgan fingerprint density at radius 3 is 2.83 bits per heavy atom. The summed E-state index contributed by atoms with van der Waals surface area (Å²) in [5, 5.41) is 4.10. The Bertz CT molecular complexity index is 1040. The largest absolute Gasteiger partial charge is 0.416 e. The summed E-state index contributed by atoms with van der Waals surface area (Å²) < 4.78 is 41.3. The first-order valence-corrected chi connectivity index (χ1v) is 10.1. The van der Waals surface area contributed by atoms with Crippen LogP contribution in [-0.4, -0.2) is 30.8 Å². The van der Waals surface area contributed by atoms with Gasteiger partial charge in [-0.15, -0.1) is 0 Å². The molecule has 0 saturated carbocycles. The van der Waals surface area contributed by atoms with Crippen LogP contribution in [0.1, 0.15) is 22.4 Å². The van der Waals surface area contributed by atoms with Crippen LogP contribution in [0.3, 0.4) is 0 Å². The number of hydrogen-bond acceptors (Lipinski definition) is 7. The first kappa shape index (κ1) is 20.8. The zero-order chi connectivity index (χ0) is 21.3. The molecule has 0 saturated heterocycles. The molecule has 0 spiro atoms. The maximum Gasteiger partial charge on any atom is 0.416 e. The van der Waals surface area contributed by atoms with Crippen LogP contribution in [0.2, 0.25) is 5.28 Å². The minimum Gasteiger partial charge on any atom is -0.399 e. The average molecular weight is 456 g/mol. The Labute approximate surface area is 179 Å². The monoisotopic (exact) mass is 455 g/mol. The number of alkyl halides is 3. The molecule has 0 unspecified atom stereocenters. The lowest BCUT2D eigenvalue weighted by atomic mass is 10.1. The second kappa shape index (κ2) is 8.32. The highest BCUT2D eigenvalue weighted by molar-refractivity contribution is 7.96. The Morgan fingerprint density at radius 1 is 1.27 bits per heavy atom. The second-order valence-electron chi connectivity index (χ2n) is 6.70. The molecule has 4 N–H and O–H groups in total. The minimum absolute atomic E-state index is 0.0477. The zero-order valence-corrected chi connectivity index (χ0v) is 17.1. The van der Waals surface area contributed by atoms with Crippen LogP contribution in [-0.2, 0) is 25.7 Å². The Balaban J connectivity index is 1.54. The first-order valence-electron chi connectivity index (χ1n) is 8.95. The molecule has 3 heterocycles. The number of fused-ring (bicyclic) bond motifs is 1. The number of rotatable bonds is 5. The molecule has 3 aromatic rings. The number of aromatic nitrogens is 4. The van der Waals surface area contributed by atoms with Gasteiger partial charge in [-0.1, -0.05) is 0 Å². The maximum absolute atomic E-state index is 13.1. The molecular formula is C18H17ClF3N7S. The fourth-order valence-electron chi connectivity index (χ4n) is 3.19. The lowest BCUT2D eigenvalue weighted by Gasteiger charge is -2.27. The Morgan fingerprint density at radius 2 is 2.10 bits per heavy atom. The maximum atomic E-state index is 13.1. The van der Waals surface area contributed by atoms with Gasteiger partial charge >= 0.3 is 6.18 Å². The highest BCUT2D eigenvalue weighted by atomic mass is 35.5. The third-order valence-corrected chi connectivity index (χ3v) is 5.66. The van der Waals surface area contributed by atoms with Gasteiger partial charge in [-0.3, -0.25) is 0 Å². The van der Waals surface area contributed by atoms with E-state index in [1.807, 2.05) is 0 Å². The Hall–Kier alpha value is -2.50. The number of hydrogen-bond donors (Lipinski definition) is 3. The van der Waals surface area contributed by atoms with E-state index in [2.05, 4.69) is 29.6 Å². The van der Waals surface area contributed by atoms with Gasteiger partial charge in [-0.25, -0.2) is 19.3 Å². The molecule has 0 atom stereocenters. The number of nitrogens with zero attached hydrogens (tertiary/aromatic N) is 4. The van der Waals surface area contributed by atoms with Gasteiger partial charge in [0.05, 0.1) is 23.8 Å². The molecule has 0 fully saturated rings. The fourth-order valence-corrected chi connectivity index (χ4v) is 4.24. The second-order valence-corrected chi connectivity index (χ2v) is 8.18. The van der Waals surface area contributed by atoms with Gasteiger partial charge in [0.25, 0.3) is 0 Å². The quantitative estimate of drug-likeness (QED) is 0.302. The number of nitrogens with two attached hydrogens (primary N) is 1. The van der Waals surface area contributed by atoms with Crippen LogP contribution in [0.4, 0.5) is 24.7 Å². The van der Waals surface area contributed by atoms with Gasteiger partial charge in [0, 0.05) is 37.3 Å². The van der Waals surface area contributed by atoms with E-state index in [9.17, 15) is 13.2 Å². The fraction of sp³-hybridized carbons (Fsp3) is 0.278. The topological polar surface area (TPSA) is 95.8 Å². The number of halogens is 4. The summed E-state index contributed by atoms with van der Waals surface area (Å²) in [5.41, 5.74) is 6.99. The first-order chi connectivity index (χ1) is 14.3. The number of benzene rings is 1. The minimum atomic E-state index is -4.47. The predicted molar refractivity (Wildman–Crippen MR) is 109 cm³/mol. The van der Waals surface area contributed by atoms with Crippen LogP contribution in [0.15, 0.2) is 35.7 Å². The number of H-pyrrole nitrogens is 1. The molecule has 4 rings (SSSR count). The molecular weight excluding hydrogens is 439 g/mol. The van der Waals surface area contributed by atoms with Crippen molar-refractivity contribution in [3.05, 3.63) is 58.4 Å². The summed E-state index contributed by atoms with van der Waals surface area (Å²) >= 11 is 7.59. The molecule has 0 amide bonds. The van der Waals surface area contributed by atoms with Gasteiger partial charge in [-0.2, -0.15) is 13.2 Å². The van der Waals surface area contributed by atoms with E-state index in [1.54, 1.807) is 12.5 Å². The normalized spacial score (nSPS) is 14.5. The van der Waals surface area contributed by atoms with Crippen molar-refractivity contribution in [2.45, 2.75) is 30.7 Å². The third kappa shape index (κ3) is 4.79. The van der Waals surface area contributed by atoms with Crippen molar-refractivity contribution >= 4 is 35.1 Å². The molecule has 0 radical (unpaired) electrons. The van der Waals surface area contributed by atoms with Crippen molar-refractivity contribution in [1.82, 2.24) is 24.2 Å². The molecule has 12 heteroatoms. The van der Waals surface area contributed by atoms with Crippen molar-refractivity contribution in [2.24, 2.45) is 0 Å². The Kier molecular flexibility index (Phi) is 5.76. The van der Waals surface area contributed by atoms with Gasteiger partial charge in [-0.05, 0) is 47.3 Å². The van der Waals surface area contributed by atoms with Crippen molar-refractivity contribution in [2.75, 3.05) is 17.6 Å². The average Bonchev–Trinajstić information content (AvgIpc) is 3.18. The number of imidazole rings is 1. The molecule has 158 valence electrons. The molecule has 0 aliphatic carbocycles. The van der Waals surface area contributed by atoms with Crippen LogP contribution in [0.5, 0.6) is 0 Å². The van der Waals surface area contributed by atoms with Crippen LogP contribution >= 0.6 is 23.5 Å². The lowest BCUT2D eigenvalue weighted by molar-refractivity contribution is -0.137. The van der Waals surface area contributed by atoms with Gasteiger partial charge in [0.1, 0.15) is 10.8 Å². The van der Waals surface area contributed by atoms with Crippen molar-refractivity contribution in [3.63, 3.8) is 0 Å². The molecule has 2 aromatic heterocycles. The van der Waals surface area contributed by atoms with Gasteiger partial charge in [0.15, 0.2) is 0 Å². The number of nitrogens with one attached hydrogen (secondary N) is 2. The summed E-state index contributed by atoms with van der Waals surface area (Å²) in [6.45, 7) is 1.42. The zero-order valence-electron chi connectivity index (χ0n) is 15.5. The van der Waals surface area contributed by atoms with E-state index in [4.69, 9.17) is 17.3 Å². The summed E-state index contributed by atoms with van der Waals surface area (Å²) in [6, 6.07) is 3.48. The highest BCUT2D eigenvalue weighted by Crippen LogP contribution is 2.33. The van der Waals surface area contributed by atoms with E-state index >= 15 is 0 Å². The van der Waals surface area contributed by atoms with E-state index < -0.39 is 11.7 Å². The third-order valence-electron chi connectivity index (χ3n) is 4.50. The smallest absolute Gasteiger partial charge is 0.399 e. The molecule has 1 aromatic carbocycles. The standard InChI is InChI=1S/C18H17ClF3N7S/c19-17-27-14-1-2-29(30-15-7-24-9-26-15)8-13(14)16(28-17)25-6-10-3-11(18(20,21)22)5-12(23)4-10/h3-5,7,9H,1-2,6,8,23H2,(H,24,26)(H,25,27,28). The van der Waals surface area contributed by atoms with E-state index in [-0.39, 0.29) is 17.5 Å². The van der Waals surface area contributed by atoms with Crippen molar-refractivity contribution in [1.29, 1.82) is 0 Å². The van der Waals surface area contributed by atoms with Gasteiger partial charge < -0.3 is 16.0 Å². The van der Waals surface area contributed by atoms with E-state index in [0.717, 1.165) is 35.0 Å². The van der Waals surface area contributed by atoms with Crippen LogP contribution < -0.4 is 11.1 Å². The van der Waals surface area contributed by atoms with Crippen LogP contribution in [0.25, 0.3) is 0 Å². The molecule has 1 aliphatic heterocycles. The number of nitrogen functional groups attached to an aromatic ring is 1. The molecule has 30 heavy (non-hydrogen) atoms. The lowest BCUT2D eigenvalue weighted by Crippen LogP contribution is -2.27. The van der Waals surface area contributed by atoms with Gasteiger partial charge in [0.2, 0.25) is 5.28 Å². The van der Waals surface area contributed by atoms with E-state index in [1.165, 1.54) is 18.0 Å². The number of anilines is 2. The molecule has 0 bridgehead atoms. The molecule has 7 nitrogen and oxygen atoms in total. The van der Waals surface area contributed by atoms with Crippen molar-refractivity contribution in [3.8, 4) is 0 Å². The summed E-state index contributed by atoms with van der Waals surface area (Å²) in [5.74, 6) is 0.496. The van der Waals surface area contributed by atoms with Crippen LogP contribution in [0, 0.1) is 0 Å². The van der Waals surface area contributed by atoms with E-state index in [0.29, 0.717) is 24.3 Å². The summed E-state index contributed by atoms with van der Waals surface area (Å²) in [7, 11) is 0. The highest BCUT2D eigenvalue weighted by Gasteiger charge is 2.31. The summed E-state index contributed by atoms with van der Waals surface area (Å²) in [4.78, 5) is 15.6. The van der Waals surface area contributed by atoms with Crippen molar-refractivity contribution < 1.29 is 13.2 Å². The SMILES string of the molecule is Nc1cc(CNc2nc(Cl)nc3c2CN(Sc2cnc[nH]2)CC3)cc(C(F)(F)F)c1.